The minimum Gasteiger partial charge on any atom is -0.489 e. The first-order valence-electron chi connectivity index (χ1n) is 14.6. The zero-order valence-corrected chi connectivity index (χ0v) is 28.0. The van der Waals surface area contributed by atoms with Gasteiger partial charge in [0.1, 0.15) is 24.9 Å². The minimum atomic E-state index is -3.88. The molecule has 0 bridgehead atoms. The third kappa shape index (κ3) is 10.2. The highest BCUT2D eigenvalue weighted by molar-refractivity contribution is 9.10. The number of carbonyl (C=O) groups is 2. The van der Waals surface area contributed by atoms with Gasteiger partial charge in [0.2, 0.25) is 21.8 Å². The lowest BCUT2D eigenvalue weighted by Gasteiger charge is -2.34. The number of sulfonamides is 1. The Kier molecular flexibility index (Phi) is 11.8. The normalized spacial score (nSPS) is 11.9. The van der Waals surface area contributed by atoms with E-state index >= 15 is 0 Å². The fourth-order valence-electron chi connectivity index (χ4n) is 4.83. The van der Waals surface area contributed by atoms with Crippen LogP contribution >= 0.6 is 15.9 Å². The maximum atomic E-state index is 14.2. The number of amides is 2. The molecule has 1 unspecified atom stereocenters. The molecular weight excluding hydrogens is 654 g/mol. The van der Waals surface area contributed by atoms with Crippen LogP contribution in [0.15, 0.2) is 114 Å². The number of ether oxygens (including phenoxy) is 1. The topological polar surface area (TPSA) is 96.0 Å². The van der Waals surface area contributed by atoms with Gasteiger partial charge in [0.15, 0.2) is 0 Å². The van der Waals surface area contributed by atoms with E-state index in [0.29, 0.717) is 18.0 Å². The number of carbonyl (C=O) groups excluding carboxylic acids is 2. The first-order chi connectivity index (χ1) is 21.5. The lowest BCUT2D eigenvalue weighted by atomic mass is 10.0. The third-order valence-corrected chi connectivity index (χ3v) is 8.63. The molecule has 4 aromatic rings. The lowest BCUT2D eigenvalue weighted by Crippen LogP contribution is -2.54. The quantitative estimate of drug-likeness (QED) is 0.176. The van der Waals surface area contributed by atoms with Crippen molar-refractivity contribution in [2.75, 3.05) is 17.1 Å². The van der Waals surface area contributed by atoms with Crippen molar-refractivity contribution < 1.29 is 22.7 Å². The second-order valence-corrected chi connectivity index (χ2v) is 13.9. The van der Waals surface area contributed by atoms with Gasteiger partial charge in [-0.3, -0.25) is 13.9 Å². The van der Waals surface area contributed by atoms with E-state index in [9.17, 15) is 18.0 Å². The van der Waals surface area contributed by atoms with Crippen molar-refractivity contribution >= 4 is 43.5 Å². The molecule has 45 heavy (non-hydrogen) atoms. The Morgan fingerprint density at radius 3 is 2.00 bits per heavy atom. The molecule has 0 saturated carbocycles. The molecule has 0 aliphatic heterocycles. The monoisotopic (exact) mass is 691 g/mol. The van der Waals surface area contributed by atoms with Gasteiger partial charge in [0.25, 0.3) is 0 Å². The van der Waals surface area contributed by atoms with E-state index in [2.05, 4.69) is 21.2 Å². The van der Waals surface area contributed by atoms with Crippen molar-refractivity contribution in [3.8, 4) is 5.75 Å². The lowest BCUT2D eigenvalue weighted by molar-refractivity contribution is -0.140. The van der Waals surface area contributed by atoms with Crippen LogP contribution in [0.3, 0.4) is 0 Å². The summed E-state index contributed by atoms with van der Waals surface area (Å²) in [4.78, 5) is 29.3. The highest BCUT2D eigenvalue weighted by Crippen LogP contribution is 2.24. The summed E-state index contributed by atoms with van der Waals surface area (Å²) in [5.41, 5.74) is 2.98. The molecule has 4 rings (SSSR count). The van der Waals surface area contributed by atoms with E-state index in [0.717, 1.165) is 31.7 Å². The van der Waals surface area contributed by atoms with E-state index in [-0.39, 0.29) is 24.9 Å². The number of anilines is 1. The highest BCUT2D eigenvalue weighted by atomic mass is 79.9. The van der Waals surface area contributed by atoms with E-state index in [4.69, 9.17) is 4.74 Å². The van der Waals surface area contributed by atoms with Crippen LogP contribution < -0.4 is 14.4 Å². The molecule has 8 nitrogen and oxygen atoms in total. The molecule has 0 aliphatic rings. The predicted molar refractivity (Wildman–Crippen MR) is 181 cm³/mol. The molecule has 236 valence electrons. The SMILES string of the molecule is CC(C)NC(=O)C(Cc1ccccc1)N(Cc1cccc(Br)c1)C(=O)CN(c1ccc(OCc2ccccc2)cc1)S(C)(=O)=O. The van der Waals surface area contributed by atoms with Crippen LogP contribution in [0.4, 0.5) is 5.69 Å². The van der Waals surface area contributed by atoms with Crippen LogP contribution in [0, 0.1) is 0 Å². The Morgan fingerprint density at radius 1 is 0.822 bits per heavy atom. The largest absolute Gasteiger partial charge is 0.489 e. The average Bonchev–Trinajstić information content (AvgIpc) is 3.01. The van der Waals surface area contributed by atoms with E-state index in [1.165, 1.54) is 4.90 Å². The number of hydrogen-bond acceptors (Lipinski definition) is 5. The Bertz CT molecular complexity index is 1670. The summed E-state index contributed by atoms with van der Waals surface area (Å²) in [5, 5.41) is 2.95. The predicted octanol–water partition coefficient (Wildman–Crippen LogP) is 5.96. The molecule has 1 atom stereocenters. The molecule has 10 heteroatoms. The Balaban J connectivity index is 1.64. The van der Waals surface area contributed by atoms with Gasteiger partial charge in [-0.2, -0.15) is 0 Å². The summed E-state index contributed by atoms with van der Waals surface area (Å²) in [6, 6.07) is 32.2. The van der Waals surface area contributed by atoms with Crippen molar-refractivity contribution in [2.24, 2.45) is 0 Å². The first kappa shape index (κ1) is 33.7. The van der Waals surface area contributed by atoms with Gasteiger partial charge >= 0.3 is 0 Å². The Morgan fingerprint density at radius 2 is 1.42 bits per heavy atom. The summed E-state index contributed by atoms with van der Waals surface area (Å²) < 4.78 is 33.9. The van der Waals surface area contributed by atoms with Crippen molar-refractivity contribution in [3.05, 3.63) is 130 Å². The van der Waals surface area contributed by atoms with Crippen LogP contribution in [0.5, 0.6) is 5.75 Å². The molecular formula is C35H38BrN3O5S. The summed E-state index contributed by atoms with van der Waals surface area (Å²) in [6.07, 6.45) is 1.32. The van der Waals surface area contributed by atoms with Crippen LogP contribution in [0.2, 0.25) is 0 Å². The van der Waals surface area contributed by atoms with Gasteiger partial charge in [-0.05, 0) is 66.9 Å². The van der Waals surface area contributed by atoms with E-state index < -0.39 is 28.5 Å². The summed E-state index contributed by atoms with van der Waals surface area (Å²) in [5.74, 6) is -0.264. The zero-order valence-electron chi connectivity index (χ0n) is 25.6. The highest BCUT2D eigenvalue weighted by Gasteiger charge is 2.33. The second kappa shape index (κ2) is 15.7. The molecule has 2 amide bonds. The number of benzene rings is 4. The van der Waals surface area contributed by atoms with Crippen LogP contribution in [0.25, 0.3) is 0 Å². The molecule has 0 spiro atoms. The molecule has 0 aliphatic carbocycles. The number of hydrogen-bond donors (Lipinski definition) is 1. The summed E-state index contributed by atoms with van der Waals surface area (Å²) in [7, 11) is -3.88. The van der Waals surface area contributed by atoms with Crippen molar-refractivity contribution in [2.45, 2.75) is 45.5 Å². The fourth-order valence-corrected chi connectivity index (χ4v) is 6.13. The molecule has 0 fully saturated rings. The maximum Gasteiger partial charge on any atom is 0.244 e. The molecule has 1 N–H and O–H groups in total. The van der Waals surface area contributed by atoms with Crippen LogP contribution in [0.1, 0.15) is 30.5 Å². The molecule has 0 heterocycles. The van der Waals surface area contributed by atoms with Crippen molar-refractivity contribution in [1.29, 1.82) is 0 Å². The number of nitrogens with zero attached hydrogens (tertiary/aromatic N) is 2. The maximum absolute atomic E-state index is 14.2. The van der Waals surface area contributed by atoms with Crippen molar-refractivity contribution in [3.63, 3.8) is 0 Å². The van der Waals surface area contributed by atoms with Crippen molar-refractivity contribution in [1.82, 2.24) is 10.2 Å². The van der Waals surface area contributed by atoms with Gasteiger partial charge in [-0.15, -0.1) is 0 Å². The molecule has 0 saturated heterocycles. The van der Waals surface area contributed by atoms with Crippen LogP contribution in [-0.4, -0.2) is 50.0 Å². The standard InChI is InChI=1S/C35H38BrN3O5S/c1-26(2)37-35(41)33(22-27-11-6-4-7-12-27)38(23-29-15-10-16-30(36)21-29)34(40)24-39(45(3,42)43)31-17-19-32(20-18-31)44-25-28-13-8-5-9-14-28/h4-21,26,33H,22-25H2,1-3H3,(H,37,41). The Labute approximate surface area is 274 Å². The third-order valence-electron chi connectivity index (χ3n) is 7.00. The second-order valence-electron chi connectivity index (χ2n) is 11.1. The minimum absolute atomic E-state index is 0.102. The van der Waals surface area contributed by atoms with Crippen LogP contribution in [-0.2, 0) is 39.2 Å². The number of nitrogens with one attached hydrogen (secondary N) is 1. The Hall–Kier alpha value is -4.15. The van der Waals surface area contributed by atoms with Gasteiger partial charge < -0.3 is 15.0 Å². The van der Waals surface area contributed by atoms with Gasteiger partial charge in [0, 0.05) is 23.5 Å². The average molecular weight is 693 g/mol. The molecule has 4 aromatic carbocycles. The van der Waals surface area contributed by atoms with E-state index in [1.807, 2.05) is 98.8 Å². The number of halogens is 1. The summed E-state index contributed by atoms with van der Waals surface area (Å²) >= 11 is 3.49. The van der Waals surface area contributed by atoms with Gasteiger partial charge in [-0.1, -0.05) is 88.7 Å². The number of rotatable bonds is 14. The fraction of sp³-hybridized carbons (Fsp3) is 0.257. The molecule has 0 aromatic heterocycles. The van der Waals surface area contributed by atoms with Gasteiger partial charge in [0.05, 0.1) is 11.9 Å². The smallest absolute Gasteiger partial charge is 0.244 e. The first-order valence-corrected chi connectivity index (χ1v) is 17.3. The van der Waals surface area contributed by atoms with E-state index in [1.54, 1.807) is 24.3 Å². The molecule has 0 radical (unpaired) electrons. The summed E-state index contributed by atoms with van der Waals surface area (Å²) in [6.45, 7) is 3.69. The van der Waals surface area contributed by atoms with Gasteiger partial charge in [-0.25, -0.2) is 8.42 Å². The zero-order chi connectivity index (χ0) is 32.4.